The van der Waals surface area contributed by atoms with Crippen molar-refractivity contribution < 1.29 is 17.9 Å². The predicted molar refractivity (Wildman–Crippen MR) is 171 cm³/mol. The molecule has 9 nitrogen and oxygen atoms in total. The zero-order chi connectivity index (χ0) is 30.6. The van der Waals surface area contributed by atoms with Gasteiger partial charge in [-0.3, -0.25) is 4.79 Å². The number of carbonyl (C=O) groups excluding carboxylic acids is 1. The Kier molecular flexibility index (Phi) is 9.29. The molecule has 3 aromatic carbocycles. The molecule has 0 bridgehead atoms. The molecule has 1 saturated heterocycles. The lowest BCUT2D eigenvalue weighted by molar-refractivity contribution is -0.127. The summed E-state index contributed by atoms with van der Waals surface area (Å²) in [5, 5.41) is 0. The van der Waals surface area contributed by atoms with E-state index in [9.17, 15) is 13.2 Å². The van der Waals surface area contributed by atoms with Gasteiger partial charge in [-0.05, 0) is 78.4 Å². The van der Waals surface area contributed by atoms with Crippen LogP contribution in [0, 0.1) is 5.92 Å². The van der Waals surface area contributed by atoms with Gasteiger partial charge in [0.15, 0.2) is 0 Å². The average Bonchev–Trinajstić information content (AvgIpc) is 3.16. The number of methoxy groups -OCH3 is 1. The SMILES string of the molecule is CCCN(CCc1ccc(OC)cc1)C(=O)C1=Cc2ccc(-c3cccc(S(=O)(=O)N4CC(CN)C4)c3)cc2N=C(N)C1. The number of nitrogens with zero attached hydrogens (tertiary/aromatic N) is 3. The molecule has 5 rings (SSSR count). The molecule has 0 aromatic heterocycles. The summed E-state index contributed by atoms with van der Waals surface area (Å²) in [6, 6.07) is 20.5. The zero-order valence-corrected chi connectivity index (χ0v) is 25.5. The van der Waals surface area contributed by atoms with Crippen molar-refractivity contribution in [3.63, 3.8) is 0 Å². The van der Waals surface area contributed by atoms with Crippen LogP contribution < -0.4 is 16.2 Å². The van der Waals surface area contributed by atoms with Gasteiger partial charge in [0.05, 0.1) is 17.7 Å². The molecule has 3 aromatic rings. The van der Waals surface area contributed by atoms with E-state index in [0.717, 1.165) is 40.8 Å². The summed E-state index contributed by atoms with van der Waals surface area (Å²) in [4.78, 5) is 20.5. The zero-order valence-electron chi connectivity index (χ0n) is 24.7. The van der Waals surface area contributed by atoms with Crippen LogP contribution in [0.2, 0.25) is 0 Å². The summed E-state index contributed by atoms with van der Waals surface area (Å²) in [5.41, 5.74) is 16.7. The molecule has 2 aliphatic rings. The Morgan fingerprint density at radius 1 is 1.05 bits per heavy atom. The molecule has 0 radical (unpaired) electrons. The standard InChI is InChI=1S/C33H39N5O4S/c1-3-14-37(15-13-23-7-11-29(42-2)12-8-23)33(39)28-16-27-10-9-26(18-31(27)36-32(35)19-28)25-5-4-6-30(17-25)43(40,41)38-21-24(20-34)22-38/h4-12,16-18,24H,3,13-15,19-22,34H2,1-2H3,(H2,35,36). The molecule has 43 heavy (non-hydrogen) atoms. The van der Waals surface area contributed by atoms with E-state index in [1.165, 1.54) is 4.31 Å². The molecule has 2 heterocycles. The van der Waals surface area contributed by atoms with Crippen molar-refractivity contribution in [1.29, 1.82) is 0 Å². The Morgan fingerprint density at radius 3 is 2.49 bits per heavy atom. The molecule has 1 fully saturated rings. The highest BCUT2D eigenvalue weighted by Gasteiger charge is 2.36. The summed E-state index contributed by atoms with van der Waals surface area (Å²) in [7, 11) is -1.95. The molecule has 2 aliphatic heterocycles. The van der Waals surface area contributed by atoms with Crippen LogP contribution in [0.15, 0.2) is 82.2 Å². The Balaban J connectivity index is 1.36. The van der Waals surface area contributed by atoms with Gasteiger partial charge < -0.3 is 21.1 Å². The second kappa shape index (κ2) is 13.1. The number of rotatable bonds is 11. The summed E-state index contributed by atoms with van der Waals surface area (Å²) < 4.78 is 33.0. The summed E-state index contributed by atoms with van der Waals surface area (Å²) >= 11 is 0. The van der Waals surface area contributed by atoms with Crippen molar-refractivity contribution in [2.75, 3.05) is 39.8 Å². The molecule has 10 heteroatoms. The number of benzene rings is 3. The Morgan fingerprint density at radius 2 is 1.79 bits per heavy atom. The first-order valence-electron chi connectivity index (χ1n) is 14.6. The largest absolute Gasteiger partial charge is 0.497 e. The second-order valence-electron chi connectivity index (χ2n) is 11.1. The summed E-state index contributed by atoms with van der Waals surface area (Å²) in [6.45, 7) is 4.65. The third kappa shape index (κ3) is 6.82. The van der Waals surface area contributed by atoms with Crippen molar-refractivity contribution in [1.82, 2.24) is 9.21 Å². The highest BCUT2D eigenvalue weighted by Crippen LogP contribution is 2.34. The highest BCUT2D eigenvalue weighted by molar-refractivity contribution is 7.89. The van der Waals surface area contributed by atoms with Crippen molar-refractivity contribution >= 4 is 33.5 Å². The minimum absolute atomic E-state index is 0.0498. The van der Waals surface area contributed by atoms with Crippen molar-refractivity contribution in [3.05, 3.63) is 83.4 Å². The second-order valence-corrected chi connectivity index (χ2v) is 13.0. The molecule has 0 spiro atoms. The Hall–Kier alpha value is -3.99. The number of aliphatic imine (C=N–C) groups is 1. The third-order valence-electron chi connectivity index (χ3n) is 7.94. The molecular weight excluding hydrogens is 562 g/mol. The predicted octanol–water partition coefficient (Wildman–Crippen LogP) is 4.20. The maximum Gasteiger partial charge on any atom is 0.250 e. The van der Waals surface area contributed by atoms with Crippen LogP contribution in [0.3, 0.4) is 0 Å². The van der Waals surface area contributed by atoms with Crippen LogP contribution in [0.1, 0.15) is 30.9 Å². The minimum atomic E-state index is -3.59. The van der Waals surface area contributed by atoms with Crippen molar-refractivity contribution in [2.45, 2.75) is 31.1 Å². The lowest BCUT2D eigenvalue weighted by Crippen LogP contribution is -2.52. The van der Waals surface area contributed by atoms with Gasteiger partial charge in [0.25, 0.3) is 0 Å². The summed E-state index contributed by atoms with van der Waals surface area (Å²) in [5.74, 6) is 1.31. The summed E-state index contributed by atoms with van der Waals surface area (Å²) in [6.07, 6.45) is 3.69. The molecule has 0 unspecified atom stereocenters. The molecule has 0 atom stereocenters. The number of ether oxygens (including phenoxy) is 1. The van der Waals surface area contributed by atoms with Crippen LogP contribution in [-0.2, 0) is 21.2 Å². The highest BCUT2D eigenvalue weighted by atomic mass is 32.2. The van der Waals surface area contributed by atoms with Gasteiger partial charge in [0.1, 0.15) is 11.6 Å². The van der Waals surface area contributed by atoms with E-state index in [4.69, 9.17) is 16.2 Å². The van der Waals surface area contributed by atoms with Gasteiger partial charge in [-0.15, -0.1) is 0 Å². The monoisotopic (exact) mass is 601 g/mol. The van der Waals surface area contributed by atoms with Crippen LogP contribution in [0.5, 0.6) is 5.75 Å². The van der Waals surface area contributed by atoms with E-state index in [1.807, 2.05) is 59.5 Å². The fourth-order valence-corrected chi connectivity index (χ4v) is 7.04. The van der Waals surface area contributed by atoms with Crippen LogP contribution in [0.25, 0.3) is 17.2 Å². The molecule has 0 saturated carbocycles. The number of hydrogen-bond acceptors (Lipinski definition) is 7. The van der Waals surface area contributed by atoms with E-state index in [1.54, 1.807) is 25.3 Å². The van der Waals surface area contributed by atoms with Gasteiger partial charge in [-0.25, -0.2) is 13.4 Å². The Labute approximate surface area is 253 Å². The maximum absolute atomic E-state index is 13.7. The van der Waals surface area contributed by atoms with Gasteiger partial charge >= 0.3 is 0 Å². The number of hydrogen-bond donors (Lipinski definition) is 2. The van der Waals surface area contributed by atoms with Crippen molar-refractivity contribution in [3.8, 4) is 16.9 Å². The van der Waals surface area contributed by atoms with Gasteiger partial charge in [0, 0.05) is 43.7 Å². The van der Waals surface area contributed by atoms with Gasteiger partial charge in [-0.2, -0.15) is 4.31 Å². The number of carbonyl (C=O) groups is 1. The molecule has 0 aliphatic carbocycles. The number of nitrogens with two attached hydrogens (primary N) is 2. The van der Waals surface area contributed by atoms with E-state index in [0.29, 0.717) is 49.8 Å². The first kappa shape index (κ1) is 30.5. The third-order valence-corrected chi connectivity index (χ3v) is 9.77. The average molecular weight is 602 g/mol. The first-order chi connectivity index (χ1) is 20.7. The van der Waals surface area contributed by atoms with E-state index >= 15 is 0 Å². The van der Waals surface area contributed by atoms with Crippen LogP contribution >= 0.6 is 0 Å². The fraction of sp³-hybridized carbons (Fsp3) is 0.333. The van der Waals surface area contributed by atoms with Gasteiger partial charge in [0.2, 0.25) is 15.9 Å². The van der Waals surface area contributed by atoms with E-state index in [-0.39, 0.29) is 23.1 Å². The van der Waals surface area contributed by atoms with Crippen LogP contribution in [0.4, 0.5) is 5.69 Å². The number of fused-ring (bicyclic) bond motifs is 1. The number of amides is 1. The fourth-order valence-electron chi connectivity index (χ4n) is 5.40. The quantitative estimate of drug-likeness (QED) is 0.339. The lowest BCUT2D eigenvalue weighted by atomic mass is 10.0. The minimum Gasteiger partial charge on any atom is -0.497 e. The number of amidine groups is 1. The Bertz CT molecular complexity index is 1640. The van der Waals surface area contributed by atoms with E-state index < -0.39 is 10.0 Å². The smallest absolute Gasteiger partial charge is 0.250 e. The lowest BCUT2D eigenvalue weighted by Gasteiger charge is -2.37. The normalized spacial score (nSPS) is 15.5. The van der Waals surface area contributed by atoms with E-state index in [2.05, 4.69) is 11.9 Å². The molecular formula is C33H39N5O4S. The van der Waals surface area contributed by atoms with Crippen molar-refractivity contribution in [2.24, 2.45) is 22.4 Å². The van der Waals surface area contributed by atoms with Crippen LogP contribution in [-0.4, -0.2) is 69.2 Å². The molecule has 1 amide bonds. The van der Waals surface area contributed by atoms with Gasteiger partial charge in [-0.1, -0.05) is 43.3 Å². The topological polar surface area (TPSA) is 131 Å². The first-order valence-corrected chi connectivity index (χ1v) is 16.1. The number of sulfonamides is 1. The maximum atomic E-state index is 13.7. The molecule has 226 valence electrons. The molecule has 4 N–H and O–H groups in total.